The van der Waals surface area contributed by atoms with Crippen molar-refractivity contribution in [2.75, 3.05) is 7.11 Å². The van der Waals surface area contributed by atoms with Crippen LogP contribution >= 0.6 is 0 Å². The van der Waals surface area contributed by atoms with Crippen molar-refractivity contribution in [1.29, 1.82) is 0 Å². The third kappa shape index (κ3) is 2.16. The quantitative estimate of drug-likeness (QED) is 0.591. The fourth-order valence-electron chi connectivity index (χ4n) is 4.30. The summed E-state index contributed by atoms with van der Waals surface area (Å²) < 4.78 is 18.2. The average Bonchev–Trinajstić information content (AvgIpc) is 2.93. The number of carbonyl (C=O) groups excluding carboxylic acids is 1. The molecule has 1 saturated heterocycles. The van der Waals surface area contributed by atoms with Crippen LogP contribution in [0.5, 0.6) is 0 Å². The lowest BCUT2D eigenvalue weighted by molar-refractivity contribution is -0.134. The van der Waals surface area contributed by atoms with Gasteiger partial charge in [0.1, 0.15) is 6.29 Å². The van der Waals surface area contributed by atoms with Crippen molar-refractivity contribution < 1.29 is 18.7 Å². The Hall–Kier alpha value is -0.233. The van der Waals surface area contributed by atoms with E-state index in [1.807, 2.05) is 0 Å². The number of rotatable bonds is 4. The first-order valence-corrected chi connectivity index (χ1v) is 10.9. The van der Waals surface area contributed by atoms with Crippen molar-refractivity contribution >= 4 is 14.6 Å². The number of aldehydes is 1. The predicted octanol–water partition coefficient (Wildman–Crippen LogP) is 2.83. The number of carbonyl (C=O) groups is 1. The Morgan fingerprint density at radius 3 is 2.43 bits per heavy atom. The summed E-state index contributed by atoms with van der Waals surface area (Å²) in [5, 5.41) is 0.187. The molecule has 0 spiro atoms. The van der Waals surface area contributed by atoms with E-state index in [9.17, 15) is 4.79 Å². The second-order valence-electron chi connectivity index (χ2n) is 8.39. The van der Waals surface area contributed by atoms with Gasteiger partial charge in [-0.1, -0.05) is 20.8 Å². The standard InChI is InChI=1S/C16H28O4Si/c1-16(2,3)21(5,6)20-14-9-7-11-13(14)12(10(9)8-17)15(18-4)19-11/h8-15H,7H2,1-6H3/t9?,10-,11?,12?,13?,14-,15+/m0/s1. The van der Waals surface area contributed by atoms with Crippen molar-refractivity contribution in [1.82, 2.24) is 0 Å². The maximum atomic E-state index is 11.6. The van der Waals surface area contributed by atoms with E-state index < -0.39 is 8.32 Å². The van der Waals surface area contributed by atoms with Crippen LogP contribution in [0.2, 0.25) is 18.1 Å². The molecule has 3 fully saturated rings. The van der Waals surface area contributed by atoms with Crippen LogP contribution in [-0.2, 0) is 18.7 Å². The summed E-state index contributed by atoms with van der Waals surface area (Å²) in [6.45, 7) is 11.4. The van der Waals surface area contributed by atoms with Gasteiger partial charge in [-0.2, -0.15) is 0 Å². The topological polar surface area (TPSA) is 44.8 Å². The van der Waals surface area contributed by atoms with Crippen molar-refractivity contribution in [2.24, 2.45) is 23.7 Å². The first kappa shape index (κ1) is 15.7. The van der Waals surface area contributed by atoms with E-state index in [1.54, 1.807) is 7.11 Å². The molecular weight excluding hydrogens is 284 g/mol. The van der Waals surface area contributed by atoms with E-state index in [2.05, 4.69) is 33.9 Å². The molecule has 0 aromatic carbocycles. The lowest BCUT2D eigenvalue weighted by Crippen LogP contribution is -2.45. The van der Waals surface area contributed by atoms with Gasteiger partial charge in [0, 0.05) is 24.9 Å². The van der Waals surface area contributed by atoms with Crippen LogP contribution in [0.4, 0.5) is 0 Å². The van der Waals surface area contributed by atoms with E-state index in [0.29, 0.717) is 11.8 Å². The van der Waals surface area contributed by atoms with Gasteiger partial charge >= 0.3 is 0 Å². The summed E-state index contributed by atoms with van der Waals surface area (Å²) in [6.07, 6.45) is 2.23. The SMILES string of the molecule is CO[C@@H]1OC2CC3[C@H](C=O)C1C2[C@H]3O[Si](C)(C)C(C)(C)C. The third-order valence-corrected chi connectivity index (χ3v) is 10.8. The molecule has 120 valence electrons. The maximum Gasteiger partial charge on any atom is 0.192 e. The fraction of sp³-hybridized carbons (Fsp3) is 0.938. The molecule has 2 bridgehead atoms. The highest BCUT2D eigenvalue weighted by atomic mass is 28.4. The highest BCUT2D eigenvalue weighted by Crippen LogP contribution is 2.61. The summed E-state index contributed by atoms with van der Waals surface area (Å²) in [6, 6.07) is 0. The molecule has 3 aliphatic rings. The van der Waals surface area contributed by atoms with Gasteiger partial charge in [-0.05, 0) is 30.5 Å². The molecule has 2 aliphatic carbocycles. The highest BCUT2D eigenvalue weighted by Gasteiger charge is 2.67. The molecule has 4 unspecified atom stereocenters. The van der Waals surface area contributed by atoms with Gasteiger partial charge < -0.3 is 18.7 Å². The van der Waals surface area contributed by atoms with Crippen LogP contribution in [0.1, 0.15) is 27.2 Å². The molecule has 0 N–H and O–H groups in total. The van der Waals surface area contributed by atoms with Crippen molar-refractivity contribution in [3.8, 4) is 0 Å². The molecule has 0 aromatic rings. The smallest absolute Gasteiger partial charge is 0.192 e. The summed E-state index contributed by atoms with van der Waals surface area (Å²) in [4.78, 5) is 11.6. The maximum absolute atomic E-state index is 11.6. The van der Waals surface area contributed by atoms with Crippen LogP contribution in [0.3, 0.4) is 0 Å². The molecular formula is C16H28O4Si. The zero-order valence-corrected chi connectivity index (χ0v) is 15.0. The molecule has 3 rings (SSSR count). The number of ether oxygens (including phenoxy) is 2. The van der Waals surface area contributed by atoms with Gasteiger partial charge in [-0.25, -0.2) is 0 Å². The van der Waals surface area contributed by atoms with E-state index in [0.717, 1.165) is 12.7 Å². The number of methoxy groups -OCH3 is 1. The molecule has 4 nitrogen and oxygen atoms in total. The third-order valence-electron chi connectivity index (χ3n) is 6.37. The second kappa shape index (κ2) is 4.88. The van der Waals surface area contributed by atoms with Gasteiger partial charge in [0.15, 0.2) is 14.6 Å². The molecule has 1 heterocycles. The van der Waals surface area contributed by atoms with Crippen LogP contribution in [0, 0.1) is 23.7 Å². The highest BCUT2D eigenvalue weighted by molar-refractivity contribution is 6.74. The molecule has 2 saturated carbocycles. The summed E-state index contributed by atoms with van der Waals surface area (Å²) in [7, 11) is -0.157. The van der Waals surface area contributed by atoms with Gasteiger partial charge in [0.25, 0.3) is 0 Å². The summed E-state index contributed by atoms with van der Waals surface area (Å²) in [5.74, 6) is 0.875. The summed E-state index contributed by atoms with van der Waals surface area (Å²) in [5.41, 5.74) is 0. The minimum Gasteiger partial charge on any atom is -0.413 e. The number of hydrogen-bond donors (Lipinski definition) is 0. The molecule has 0 amide bonds. The van der Waals surface area contributed by atoms with Gasteiger partial charge in [0.05, 0.1) is 12.2 Å². The minimum absolute atomic E-state index is 0.0356. The normalized spacial score (nSPS) is 45.3. The largest absolute Gasteiger partial charge is 0.413 e. The average molecular weight is 312 g/mol. The lowest BCUT2D eigenvalue weighted by Gasteiger charge is -2.39. The Bertz CT molecular complexity index is 430. The second-order valence-corrected chi connectivity index (χ2v) is 13.1. The van der Waals surface area contributed by atoms with E-state index >= 15 is 0 Å². The Balaban J connectivity index is 1.85. The first-order chi connectivity index (χ1) is 9.71. The monoisotopic (exact) mass is 312 g/mol. The van der Waals surface area contributed by atoms with Gasteiger partial charge in [0.2, 0.25) is 0 Å². The van der Waals surface area contributed by atoms with Crippen LogP contribution in [0.25, 0.3) is 0 Å². The fourth-order valence-corrected chi connectivity index (χ4v) is 5.67. The first-order valence-electron chi connectivity index (χ1n) is 8.02. The van der Waals surface area contributed by atoms with Crippen LogP contribution in [-0.4, -0.2) is 40.2 Å². The van der Waals surface area contributed by atoms with E-state index in [-0.39, 0.29) is 35.4 Å². The van der Waals surface area contributed by atoms with Gasteiger partial charge in [-0.3, -0.25) is 0 Å². The molecule has 1 aliphatic heterocycles. The minimum atomic E-state index is -1.83. The zero-order valence-electron chi connectivity index (χ0n) is 14.0. The molecule has 0 radical (unpaired) electrons. The molecule has 7 atom stereocenters. The molecule has 0 aromatic heterocycles. The van der Waals surface area contributed by atoms with Crippen molar-refractivity contribution in [3.05, 3.63) is 0 Å². The van der Waals surface area contributed by atoms with Crippen molar-refractivity contribution in [3.63, 3.8) is 0 Å². The van der Waals surface area contributed by atoms with E-state index in [1.165, 1.54) is 0 Å². The number of hydrogen-bond acceptors (Lipinski definition) is 4. The van der Waals surface area contributed by atoms with Crippen molar-refractivity contribution in [2.45, 2.75) is 63.8 Å². The molecule has 21 heavy (non-hydrogen) atoms. The van der Waals surface area contributed by atoms with Crippen LogP contribution < -0.4 is 0 Å². The lowest BCUT2D eigenvalue weighted by atomic mass is 9.80. The number of fused-ring (bicyclic) bond motifs is 1. The Morgan fingerprint density at radius 1 is 1.24 bits per heavy atom. The summed E-state index contributed by atoms with van der Waals surface area (Å²) >= 11 is 0. The zero-order chi connectivity index (χ0) is 15.6. The van der Waals surface area contributed by atoms with E-state index in [4.69, 9.17) is 13.9 Å². The van der Waals surface area contributed by atoms with Gasteiger partial charge in [-0.15, -0.1) is 0 Å². The molecule has 5 heteroatoms. The predicted molar refractivity (Wildman–Crippen MR) is 82.4 cm³/mol. The van der Waals surface area contributed by atoms with Crippen LogP contribution in [0.15, 0.2) is 0 Å². The Labute approximate surface area is 128 Å². The Kier molecular flexibility index (Phi) is 3.64. The Morgan fingerprint density at radius 2 is 1.90 bits per heavy atom.